The Labute approximate surface area is 190 Å². The number of nitrogens with zero attached hydrogens (tertiary/aromatic N) is 3. The third-order valence-corrected chi connectivity index (χ3v) is 5.33. The molecule has 0 spiro atoms. The van der Waals surface area contributed by atoms with Crippen LogP contribution in [0.5, 0.6) is 0 Å². The number of esters is 1. The third kappa shape index (κ3) is 3.89. The number of para-hydroxylation sites is 1. The summed E-state index contributed by atoms with van der Waals surface area (Å²) < 4.78 is 45.9. The lowest BCUT2D eigenvalue weighted by molar-refractivity contribution is -0.137. The highest BCUT2D eigenvalue weighted by atomic mass is 35.5. The highest BCUT2D eigenvalue weighted by Crippen LogP contribution is 2.34. The summed E-state index contributed by atoms with van der Waals surface area (Å²) in [6.07, 6.45) is -0.614. The number of cyclic esters (lactones) is 1. The molecular weight excluding hydrogens is 455 g/mol. The van der Waals surface area contributed by atoms with Crippen LogP contribution in [0.1, 0.15) is 16.7 Å². The van der Waals surface area contributed by atoms with E-state index < -0.39 is 17.7 Å². The van der Waals surface area contributed by atoms with Gasteiger partial charge in [0, 0.05) is 28.9 Å². The summed E-state index contributed by atoms with van der Waals surface area (Å²) in [6, 6.07) is 17.0. The van der Waals surface area contributed by atoms with Crippen molar-refractivity contribution in [2.75, 3.05) is 0 Å². The summed E-state index contributed by atoms with van der Waals surface area (Å²) in [6.45, 7) is 0. The second kappa shape index (κ2) is 7.90. The lowest BCUT2D eigenvalue weighted by atomic mass is 10.1. The maximum absolute atomic E-state index is 13.0. The van der Waals surface area contributed by atoms with E-state index in [1.807, 2.05) is 30.3 Å². The second-order valence-corrected chi connectivity index (χ2v) is 7.61. The van der Waals surface area contributed by atoms with Gasteiger partial charge in [0.2, 0.25) is 5.90 Å². The highest BCUT2D eigenvalue weighted by Gasteiger charge is 2.32. The zero-order valence-corrected chi connectivity index (χ0v) is 17.4. The molecule has 0 saturated heterocycles. The predicted molar refractivity (Wildman–Crippen MR) is 118 cm³/mol. The molecular formula is C24H13ClF3N3O2. The fraction of sp³-hybridized carbons (Fsp3) is 0.0417. The summed E-state index contributed by atoms with van der Waals surface area (Å²) in [5, 5.41) is 0.577. The number of carbonyl (C=O) groups is 1. The van der Waals surface area contributed by atoms with Crippen molar-refractivity contribution in [3.8, 4) is 5.82 Å². The number of rotatable bonds is 3. The summed E-state index contributed by atoms with van der Waals surface area (Å²) in [7, 11) is 0. The van der Waals surface area contributed by atoms with Crippen molar-refractivity contribution in [3.63, 3.8) is 0 Å². The highest BCUT2D eigenvalue weighted by molar-refractivity contribution is 6.32. The molecule has 164 valence electrons. The summed E-state index contributed by atoms with van der Waals surface area (Å²) >= 11 is 6.17. The van der Waals surface area contributed by atoms with Crippen molar-refractivity contribution in [2.24, 2.45) is 4.99 Å². The van der Waals surface area contributed by atoms with E-state index in [-0.39, 0.29) is 22.4 Å². The van der Waals surface area contributed by atoms with Crippen molar-refractivity contribution in [3.05, 3.63) is 100 Å². The molecule has 3 heterocycles. The first-order valence-electron chi connectivity index (χ1n) is 9.72. The molecule has 0 aliphatic carbocycles. The van der Waals surface area contributed by atoms with Crippen molar-refractivity contribution in [1.82, 2.24) is 9.55 Å². The Kier molecular flexibility index (Phi) is 5.02. The Bertz CT molecular complexity index is 1460. The minimum atomic E-state index is -4.55. The Hall–Kier alpha value is -3.91. The van der Waals surface area contributed by atoms with E-state index in [9.17, 15) is 18.0 Å². The lowest BCUT2D eigenvalue weighted by Gasteiger charge is -2.10. The van der Waals surface area contributed by atoms with Crippen LogP contribution in [0.25, 0.3) is 22.8 Å². The molecule has 0 unspecified atom stereocenters. The number of pyridine rings is 1. The smallest absolute Gasteiger partial charge is 0.402 e. The monoisotopic (exact) mass is 467 g/mol. The first kappa shape index (κ1) is 21.0. The Balaban J connectivity index is 1.61. The minimum Gasteiger partial charge on any atom is -0.402 e. The van der Waals surface area contributed by atoms with Crippen LogP contribution >= 0.6 is 11.6 Å². The van der Waals surface area contributed by atoms with Crippen LogP contribution in [0, 0.1) is 0 Å². The quantitative estimate of drug-likeness (QED) is 0.272. The first-order chi connectivity index (χ1) is 15.8. The molecule has 2 aromatic carbocycles. The van der Waals surface area contributed by atoms with Gasteiger partial charge in [-0.2, -0.15) is 13.2 Å². The number of carbonyl (C=O) groups excluding carboxylic acids is 1. The summed E-state index contributed by atoms with van der Waals surface area (Å²) in [4.78, 5) is 20.7. The molecule has 0 amide bonds. The fourth-order valence-electron chi connectivity index (χ4n) is 3.52. The molecule has 0 atom stereocenters. The average molecular weight is 468 g/mol. The molecule has 0 radical (unpaired) electrons. The molecule has 5 rings (SSSR count). The molecule has 5 nitrogen and oxygen atoms in total. The topological polar surface area (TPSA) is 56.5 Å². The maximum atomic E-state index is 13.0. The maximum Gasteiger partial charge on any atom is 0.417 e. The van der Waals surface area contributed by atoms with Crippen molar-refractivity contribution >= 4 is 40.4 Å². The van der Waals surface area contributed by atoms with Gasteiger partial charge in [0.15, 0.2) is 11.5 Å². The SMILES string of the molecule is O=C1OC(c2ccccc2)=N/C1=C/c1cn(-c2ncc(C(F)(F)F)cc2Cl)c2ccccc12. The number of aliphatic imine (C=N–C) groups is 1. The number of benzene rings is 2. The molecule has 9 heteroatoms. The van der Waals surface area contributed by atoms with Gasteiger partial charge in [-0.15, -0.1) is 0 Å². The van der Waals surface area contributed by atoms with Crippen molar-refractivity contribution in [2.45, 2.75) is 6.18 Å². The van der Waals surface area contributed by atoms with Crippen molar-refractivity contribution in [1.29, 1.82) is 0 Å². The van der Waals surface area contributed by atoms with Gasteiger partial charge in [-0.25, -0.2) is 14.8 Å². The van der Waals surface area contributed by atoms with Gasteiger partial charge in [0.05, 0.1) is 16.1 Å². The molecule has 1 aliphatic heterocycles. The van der Waals surface area contributed by atoms with E-state index in [1.54, 1.807) is 41.1 Å². The molecule has 1 aliphatic rings. The molecule has 0 N–H and O–H groups in total. The van der Waals surface area contributed by atoms with Crippen LogP contribution in [0.3, 0.4) is 0 Å². The average Bonchev–Trinajstić information content (AvgIpc) is 3.35. The number of hydrogen-bond donors (Lipinski definition) is 0. The zero-order chi connectivity index (χ0) is 23.2. The van der Waals surface area contributed by atoms with Gasteiger partial charge in [0.1, 0.15) is 0 Å². The van der Waals surface area contributed by atoms with Gasteiger partial charge in [-0.3, -0.25) is 4.57 Å². The zero-order valence-electron chi connectivity index (χ0n) is 16.7. The molecule has 33 heavy (non-hydrogen) atoms. The van der Waals surface area contributed by atoms with Crippen LogP contribution in [0.4, 0.5) is 13.2 Å². The third-order valence-electron chi connectivity index (χ3n) is 5.05. The van der Waals surface area contributed by atoms with Crippen LogP contribution in [0.2, 0.25) is 5.02 Å². The Morgan fingerprint density at radius 2 is 1.76 bits per heavy atom. The molecule has 0 fully saturated rings. The molecule has 0 bridgehead atoms. The Morgan fingerprint density at radius 1 is 1.03 bits per heavy atom. The number of aromatic nitrogens is 2. The lowest BCUT2D eigenvalue weighted by Crippen LogP contribution is -2.07. The number of ether oxygens (including phenoxy) is 1. The van der Waals surface area contributed by atoms with E-state index in [4.69, 9.17) is 16.3 Å². The molecule has 0 saturated carbocycles. The fourth-order valence-corrected chi connectivity index (χ4v) is 3.78. The number of hydrogen-bond acceptors (Lipinski definition) is 4. The van der Waals surface area contributed by atoms with Gasteiger partial charge < -0.3 is 4.74 Å². The van der Waals surface area contributed by atoms with E-state index in [1.165, 1.54) is 0 Å². The van der Waals surface area contributed by atoms with Crippen molar-refractivity contribution < 1.29 is 22.7 Å². The standard InChI is InChI=1S/C24H13ClF3N3O2/c25-18-11-16(24(26,27)28)12-29-21(18)31-13-15(17-8-4-5-9-20(17)31)10-19-23(32)33-22(30-19)14-6-2-1-3-7-14/h1-13H/b19-10+. The van der Waals surface area contributed by atoms with E-state index in [0.29, 0.717) is 16.6 Å². The predicted octanol–water partition coefficient (Wildman–Crippen LogP) is 6.04. The Morgan fingerprint density at radius 3 is 2.48 bits per heavy atom. The minimum absolute atomic E-state index is 0.100. The normalized spacial score (nSPS) is 15.2. The van der Waals surface area contributed by atoms with Crippen LogP contribution in [-0.4, -0.2) is 21.4 Å². The van der Waals surface area contributed by atoms with Crippen LogP contribution in [0.15, 0.2) is 83.7 Å². The van der Waals surface area contributed by atoms with Gasteiger partial charge in [0.25, 0.3) is 0 Å². The van der Waals surface area contributed by atoms with E-state index >= 15 is 0 Å². The van der Waals surface area contributed by atoms with Crippen LogP contribution < -0.4 is 0 Å². The van der Waals surface area contributed by atoms with Gasteiger partial charge in [-0.05, 0) is 30.3 Å². The van der Waals surface area contributed by atoms with E-state index in [2.05, 4.69) is 9.98 Å². The number of alkyl halides is 3. The first-order valence-corrected chi connectivity index (χ1v) is 10.1. The van der Waals surface area contributed by atoms with E-state index in [0.717, 1.165) is 17.6 Å². The second-order valence-electron chi connectivity index (χ2n) is 7.20. The summed E-state index contributed by atoms with van der Waals surface area (Å²) in [5.74, 6) is -0.271. The van der Waals surface area contributed by atoms with Gasteiger partial charge >= 0.3 is 12.1 Å². The molecule has 2 aromatic heterocycles. The van der Waals surface area contributed by atoms with Gasteiger partial charge in [-0.1, -0.05) is 48.0 Å². The number of halogens is 4. The van der Waals surface area contributed by atoms with Crippen LogP contribution in [-0.2, 0) is 15.7 Å². The largest absolute Gasteiger partial charge is 0.417 e. The molecule has 4 aromatic rings. The summed E-state index contributed by atoms with van der Waals surface area (Å²) in [5.41, 5.74) is 1.08. The number of fused-ring (bicyclic) bond motifs is 1.